The van der Waals surface area contributed by atoms with Gasteiger partial charge in [-0.2, -0.15) is 5.10 Å². The fourth-order valence-electron chi connectivity index (χ4n) is 2.00. The van der Waals surface area contributed by atoms with Gasteiger partial charge in [-0.15, -0.1) is 0 Å². The summed E-state index contributed by atoms with van der Waals surface area (Å²) in [6.45, 7) is -0.415. The molecule has 1 N–H and O–H groups in total. The molecule has 26 heavy (non-hydrogen) atoms. The molecule has 0 saturated carbocycles. The van der Waals surface area contributed by atoms with E-state index in [0.29, 0.717) is 17.1 Å². The predicted molar refractivity (Wildman–Crippen MR) is 93.9 cm³/mol. The number of nitro groups is 1. The molecule has 1 amide bonds. The average molecular weight is 359 g/mol. The van der Waals surface area contributed by atoms with Crippen molar-refractivity contribution in [1.82, 2.24) is 5.43 Å². The molecule has 2 aromatic carbocycles. The van der Waals surface area contributed by atoms with E-state index in [1.807, 2.05) is 0 Å². The van der Waals surface area contributed by atoms with Crippen molar-refractivity contribution in [1.29, 1.82) is 0 Å². The summed E-state index contributed by atoms with van der Waals surface area (Å²) < 4.78 is 15.5. The SMILES string of the molecule is COc1ccc(/C=N/NC(=O)COc2ccccc2[N+](=O)[O-])c(OC)c1. The predicted octanol–water partition coefficient (Wildman–Crippen LogP) is 2.14. The highest BCUT2D eigenvalue weighted by atomic mass is 16.6. The van der Waals surface area contributed by atoms with Crippen LogP contribution in [0.15, 0.2) is 47.6 Å². The smallest absolute Gasteiger partial charge is 0.310 e. The van der Waals surface area contributed by atoms with E-state index < -0.39 is 17.4 Å². The zero-order chi connectivity index (χ0) is 18.9. The molecule has 2 aromatic rings. The van der Waals surface area contributed by atoms with Gasteiger partial charge in [0, 0.05) is 17.7 Å². The van der Waals surface area contributed by atoms with E-state index in [1.54, 1.807) is 31.4 Å². The Hall–Kier alpha value is -3.62. The lowest BCUT2D eigenvalue weighted by Crippen LogP contribution is -2.24. The van der Waals surface area contributed by atoms with Gasteiger partial charge in [0.05, 0.1) is 25.4 Å². The number of hydrazone groups is 1. The van der Waals surface area contributed by atoms with Crippen LogP contribution in [0.1, 0.15) is 5.56 Å². The Labute approximate surface area is 149 Å². The first-order chi connectivity index (χ1) is 12.5. The molecule has 0 fully saturated rings. The number of hydrogen-bond donors (Lipinski definition) is 1. The Balaban J connectivity index is 1.93. The van der Waals surface area contributed by atoms with Crippen molar-refractivity contribution in [2.45, 2.75) is 0 Å². The number of amides is 1. The van der Waals surface area contributed by atoms with E-state index in [2.05, 4.69) is 10.5 Å². The standard InChI is InChI=1S/C17H17N3O6/c1-24-13-8-7-12(16(9-13)25-2)10-18-19-17(21)11-26-15-6-4-3-5-14(15)20(22)23/h3-10H,11H2,1-2H3,(H,19,21)/b18-10+. The molecule has 0 heterocycles. The third kappa shape index (κ3) is 4.94. The van der Waals surface area contributed by atoms with Gasteiger partial charge in [0.1, 0.15) is 11.5 Å². The topological polar surface area (TPSA) is 112 Å². The van der Waals surface area contributed by atoms with Crippen molar-refractivity contribution in [3.63, 3.8) is 0 Å². The summed E-state index contributed by atoms with van der Waals surface area (Å²) in [5, 5.41) is 14.7. The molecule has 0 aliphatic rings. The Kier molecular flexibility index (Phi) is 6.49. The molecule has 0 aliphatic carbocycles. The van der Waals surface area contributed by atoms with Crippen LogP contribution in [0, 0.1) is 10.1 Å². The Morgan fingerprint density at radius 2 is 1.96 bits per heavy atom. The zero-order valence-corrected chi connectivity index (χ0v) is 14.2. The maximum atomic E-state index is 11.8. The Bertz CT molecular complexity index is 822. The number of para-hydroxylation sites is 2. The summed E-state index contributed by atoms with van der Waals surface area (Å²) >= 11 is 0. The number of carbonyl (C=O) groups is 1. The van der Waals surface area contributed by atoms with Crippen molar-refractivity contribution in [2.24, 2.45) is 5.10 Å². The highest BCUT2D eigenvalue weighted by molar-refractivity contribution is 5.85. The van der Waals surface area contributed by atoms with Gasteiger partial charge in [0.25, 0.3) is 5.91 Å². The Morgan fingerprint density at radius 1 is 1.19 bits per heavy atom. The van der Waals surface area contributed by atoms with Gasteiger partial charge >= 0.3 is 5.69 Å². The van der Waals surface area contributed by atoms with Crippen molar-refractivity contribution < 1.29 is 23.9 Å². The molecular formula is C17H17N3O6. The van der Waals surface area contributed by atoms with Gasteiger partial charge in [0.2, 0.25) is 0 Å². The molecule has 0 spiro atoms. The second kappa shape index (κ2) is 9.02. The number of hydrogen-bond acceptors (Lipinski definition) is 7. The van der Waals surface area contributed by atoms with Crippen LogP contribution in [0.3, 0.4) is 0 Å². The minimum atomic E-state index is -0.582. The summed E-state index contributed by atoms with van der Waals surface area (Å²) in [4.78, 5) is 22.1. The van der Waals surface area contributed by atoms with Crippen molar-refractivity contribution >= 4 is 17.8 Å². The van der Waals surface area contributed by atoms with Gasteiger partial charge in [-0.05, 0) is 18.2 Å². The first-order valence-corrected chi connectivity index (χ1v) is 7.45. The first-order valence-electron chi connectivity index (χ1n) is 7.45. The van der Waals surface area contributed by atoms with Crippen LogP contribution >= 0.6 is 0 Å². The average Bonchev–Trinajstić information content (AvgIpc) is 2.66. The molecule has 0 aromatic heterocycles. The molecule has 0 radical (unpaired) electrons. The van der Waals surface area contributed by atoms with Gasteiger partial charge in [-0.3, -0.25) is 14.9 Å². The van der Waals surface area contributed by atoms with E-state index in [0.717, 1.165) is 0 Å². The first kappa shape index (κ1) is 18.7. The fourth-order valence-corrected chi connectivity index (χ4v) is 2.00. The van der Waals surface area contributed by atoms with Gasteiger partial charge in [-0.1, -0.05) is 12.1 Å². The number of ether oxygens (including phenoxy) is 3. The van der Waals surface area contributed by atoms with Crippen LogP contribution in [-0.4, -0.2) is 37.9 Å². The lowest BCUT2D eigenvalue weighted by Gasteiger charge is -2.07. The van der Waals surface area contributed by atoms with Gasteiger partial charge in [-0.25, -0.2) is 5.43 Å². The minimum absolute atomic E-state index is 0.00783. The minimum Gasteiger partial charge on any atom is -0.497 e. The number of nitro benzene ring substituents is 1. The van der Waals surface area contributed by atoms with Crippen LogP contribution in [0.25, 0.3) is 0 Å². The van der Waals surface area contributed by atoms with Crippen LogP contribution in [-0.2, 0) is 4.79 Å². The summed E-state index contributed by atoms with van der Waals surface area (Å²) in [6.07, 6.45) is 1.40. The summed E-state index contributed by atoms with van der Waals surface area (Å²) in [7, 11) is 3.05. The van der Waals surface area contributed by atoms with Crippen molar-refractivity contribution in [2.75, 3.05) is 20.8 Å². The van der Waals surface area contributed by atoms with E-state index in [4.69, 9.17) is 14.2 Å². The third-order valence-electron chi connectivity index (χ3n) is 3.25. The molecule has 0 bridgehead atoms. The van der Waals surface area contributed by atoms with Crippen LogP contribution in [0.4, 0.5) is 5.69 Å². The van der Waals surface area contributed by atoms with Crippen LogP contribution in [0.2, 0.25) is 0 Å². The van der Waals surface area contributed by atoms with Crippen LogP contribution < -0.4 is 19.6 Å². The Morgan fingerprint density at radius 3 is 2.65 bits per heavy atom. The van der Waals surface area contributed by atoms with Crippen molar-refractivity contribution in [3.05, 3.63) is 58.1 Å². The largest absolute Gasteiger partial charge is 0.497 e. The molecule has 0 atom stereocenters. The van der Waals surface area contributed by atoms with E-state index >= 15 is 0 Å². The number of benzene rings is 2. The molecule has 9 heteroatoms. The quantitative estimate of drug-likeness (QED) is 0.439. The molecule has 9 nitrogen and oxygen atoms in total. The monoisotopic (exact) mass is 359 g/mol. The zero-order valence-electron chi connectivity index (χ0n) is 14.2. The molecule has 0 saturated heterocycles. The number of methoxy groups -OCH3 is 2. The molecule has 136 valence electrons. The highest BCUT2D eigenvalue weighted by Crippen LogP contribution is 2.25. The highest BCUT2D eigenvalue weighted by Gasteiger charge is 2.14. The molecule has 0 unspecified atom stereocenters. The maximum Gasteiger partial charge on any atom is 0.310 e. The summed E-state index contributed by atoms with van der Waals surface area (Å²) in [5.41, 5.74) is 2.70. The van der Waals surface area contributed by atoms with Crippen LogP contribution in [0.5, 0.6) is 17.2 Å². The van der Waals surface area contributed by atoms with Gasteiger partial charge < -0.3 is 14.2 Å². The molecule has 0 aliphatic heterocycles. The van der Waals surface area contributed by atoms with E-state index in [9.17, 15) is 14.9 Å². The number of carbonyl (C=O) groups excluding carboxylic acids is 1. The summed E-state index contributed by atoms with van der Waals surface area (Å²) in [6, 6.07) is 10.9. The molecule has 2 rings (SSSR count). The fraction of sp³-hybridized carbons (Fsp3) is 0.176. The second-order valence-corrected chi connectivity index (χ2v) is 4.91. The normalized spacial score (nSPS) is 10.4. The lowest BCUT2D eigenvalue weighted by atomic mass is 10.2. The number of nitrogens with one attached hydrogen (secondary N) is 1. The van der Waals surface area contributed by atoms with E-state index in [-0.39, 0.29) is 11.4 Å². The number of rotatable bonds is 8. The van der Waals surface area contributed by atoms with Crippen molar-refractivity contribution in [3.8, 4) is 17.2 Å². The lowest BCUT2D eigenvalue weighted by molar-refractivity contribution is -0.385. The number of nitrogens with zero attached hydrogens (tertiary/aromatic N) is 2. The third-order valence-corrected chi connectivity index (χ3v) is 3.25. The van der Waals surface area contributed by atoms with Gasteiger partial charge in [0.15, 0.2) is 12.4 Å². The van der Waals surface area contributed by atoms with E-state index in [1.165, 1.54) is 31.5 Å². The maximum absolute atomic E-state index is 11.8. The summed E-state index contributed by atoms with van der Waals surface area (Å²) in [5.74, 6) is 0.597. The molecular weight excluding hydrogens is 342 g/mol. The second-order valence-electron chi connectivity index (χ2n) is 4.91.